The molecule has 6 nitrogen and oxygen atoms in total. The molecule has 2 heterocycles. The summed E-state index contributed by atoms with van der Waals surface area (Å²) >= 11 is 5.76. The van der Waals surface area contributed by atoms with Crippen LogP contribution in [0.4, 0.5) is 0 Å². The van der Waals surface area contributed by atoms with Crippen molar-refractivity contribution in [2.24, 2.45) is 7.05 Å². The van der Waals surface area contributed by atoms with Crippen molar-refractivity contribution in [3.8, 4) is 0 Å². The van der Waals surface area contributed by atoms with Gasteiger partial charge in [-0.25, -0.2) is 17.2 Å². The van der Waals surface area contributed by atoms with Crippen molar-refractivity contribution in [2.45, 2.75) is 18.7 Å². The summed E-state index contributed by atoms with van der Waals surface area (Å²) in [7, 11) is -2.18. The number of halogens is 1. The minimum Gasteiger partial charge on any atom is -0.461 e. The average Bonchev–Trinajstić information content (AvgIpc) is 2.97. The summed E-state index contributed by atoms with van der Waals surface area (Å²) in [6, 6.07) is 2.79. The van der Waals surface area contributed by atoms with Crippen LogP contribution < -0.4 is 0 Å². The largest absolute Gasteiger partial charge is 0.461 e. The Labute approximate surface area is 127 Å². The highest BCUT2D eigenvalue weighted by Gasteiger charge is 2.26. The van der Waals surface area contributed by atoms with E-state index in [2.05, 4.69) is 0 Å². The molecule has 0 unspecified atom stereocenters. The third kappa shape index (κ3) is 2.71. The normalized spacial score (nSPS) is 11.6. The monoisotopic (exact) mass is 330 g/mol. The van der Waals surface area contributed by atoms with Crippen LogP contribution in [0, 0.1) is 6.92 Å². The number of esters is 1. The van der Waals surface area contributed by atoms with E-state index in [4.69, 9.17) is 16.3 Å². The second kappa shape index (κ2) is 5.57. The number of nitrogens with zero attached hydrogens (tertiary/aromatic N) is 2. The van der Waals surface area contributed by atoms with Gasteiger partial charge in [0.15, 0.2) is 0 Å². The van der Waals surface area contributed by atoms with Crippen molar-refractivity contribution >= 4 is 27.6 Å². The first-order valence-corrected chi connectivity index (χ1v) is 8.03. The minimum atomic E-state index is -3.80. The molecule has 21 heavy (non-hydrogen) atoms. The first kappa shape index (κ1) is 15.7. The molecular formula is C13H15ClN2O4S. The molecule has 0 atom stereocenters. The van der Waals surface area contributed by atoms with Crippen molar-refractivity contribution in [3.63, 3.8) is 0 Å². The van der Waals surface area contributed by atoms with Gasteiger partial charge in [0.05, 0.1) is 11.6 Å². The summed E-state index contributed by atoms with van der Waals surface area (Å²) in [6.07, 6.45) is 2.65. The van der Waals surface area contributed by atoms with E-state index in [1.54, 1.807) is 20.9 Å². The maximum Gasteiger partial charge on any atom is 0.354 e. The SMILES string of the molecule is CCOC(=O)c1cc(S(=O)(=O)n2ccc(Cl)c2)c(C)n1C. The average molecular weight is 331 g/mol. The highest BCUT2D eigenvalue weighted by Crippen LogP contribution is 2.24. The van der Waals surface area contributed by atoms with Gasteiger partial charge in [-0.05, 0) is 26.0 Å². The van der Waals surface area contributed by atoms with Crippen LogP contribution in [0.25, 0.3) is 0 Å². The smallest absolute Gasteiger partial charge is 0.354 e. The van der Waals surface area contributed by atoms with Crippen LogP contribution in [0.1, 0.15) is 23.1 Å². The molecule has 0 aliphatic carbocycles. The van der Waals surface area contributed by atoms with Crippen LogP contribution in [0.3, 0.4) is 0 Å². The van der Waals surface area contributed by atoms with Gasteiger partial charge in [-0.2, -0.15) is 0 Å². The van der Waals surface area contributed by atoms with Crippen molar-refractivity contribution in [3.05, 3.63) is 40.9 Å². The van der Waals surface area contributed by atoms with Crippen molar-refractivity contribution in [1.82, 2.24) is 8.54 Å². The quantitative estimate of drug-likeness (QED) is 0.806. The Morgan fingerprint density at radius 1 is 1.43 bits per heavy atom. The fraction of sp³-hybridized carbons (Fsp3) is 0.308. The van der Waals surface area contributed by atoms with Crippen LogP contribution in [-0.2, 0) is 21.8 Å². The standard InChI is InChI=1S/C13H15ClN2O4S/c1-4-20-13(17)11-7-12(9(2)15(11)3)21(18,19)16-6-5-10(14)8-16/h5-8H,4H2,1-3H3. The maximum absolute atomic E-state index is 12.6. The Hall–Kier alpha value is -1.73. The zero-order valence-corrected chi connectivity index (χ0v) is 13.4. The first-order chi connectivity index (χ1) is 9.78. The van der Waals surface area contributed by atoms with E-state index in [0.717, 1.165) is 3.97 Å². The van der Waals surface area contributed by atoms with Crippen molar-refractivity contribution in [2.75, 3.05) is 6.61 Å². The van der Waals surface area contributed by atoms with E-state index in [9.17, 15) is 13.2 Å². The van der Waals surface area contributed by atoms with Gasteiger partial charge in [-0.1, -0.05) is 11.6 Å². The summed E-state index contributed by atoms with van der Waals surface area (Å²) in [5.74, 6) is -0.560. The van der Waals surface area contributed by atoms with Crippen LogP contribution >= 0.6 is 11.6 Å². The predicted octanol–water partition coefficient (Wildman–Crippen LogP) is 2.20. The molecule has 0 aliphatic heterocycles. The third-order valence-corrected chi connectivity index (χ3v) is 5.14. The number of carbonyl (C=O) groups is 1. The number of carbonyl (C=O) groups excluding carboxylic acids is 1. The van der Waals surface area contributed by atoms with Gasteiger partial charge >= 0.3 is 5.97 Å². The third-order valence-electron chi connectivity index (χ3n) is 3.16. The number of ether oxygens (including phenoxy) is 1. The lowest BCUT2D eigenvalue weighted by Crippen LogP contribution is -2.12. The van der Waals surface area contributed by atoms with E-state index in [1.807, 2.05) is 0 Å². The van der Waals surface area contributed by atoms with Gasteiger partial charge < -0.3 is 9.30 Å². The molecule has 0 saturated heterocycles. The van der Waals surface area contributed by atoms with Crippen LogP contribution in [0.15, 0.2) is 29.4 Å². The fourth-order valence-electron chi connectivity index (χ4n) is 1.95. The lowest BCUT2D eigenvalue weighted by atomic mass is 10.4. The summed E-state index contributed by atoms with van der Waals surface area (Å²) in [5.41, 5.74) is 0.633. The second-order valence-corrected chi connectivity index (χ2v) is 6.67. The first-order valence-electron chi connectivity index (χ1n) is 6.21. The Morgan fingerprint density at radius 3 is 2.62 bits per heavy atom. The summed E-state index contributed by atoms with van der Waals surface area (Å²) in [4.78, 5) is 11.9. The van der Waals surface area contributed by atoms with Gasteiger partial charge in [0.2, 0.25) is 0 Å². The predicted molar refractivity (Wildman–Crippen MR) is 78.1 cm³/mol. The van der Waals surface area contributed by atoms with E-state index in [-0.39, 0.29) is 17.2 Å². The molecule has 2 rings (SSSR count). The van der Waals surface area contributed by atoms with E-state index >= 15 is 0 Å². The lowest BCUT2D eigenvalue weighted by molar-refractivity contribution is 0.0515. The number of aromatic nitrogens is 2. The van der Waals surface area contributed by atoms with Gasteiger partial charge in [-0.15, -0.1) is 0 Å². The maximum atomic E-state index is 12.6. The van der Waals surface area contributed by atoms with E-state index in [0.29, 0.717) is 10.7 Å². The van der Waals surface area contributed by atoms with Gasteiger partial charge in [0.1, 0.15) is 10.6 Å². The van der Waals surface area contributed by atoms with Crippen LogP contribution in [0.5, 0.6) is 0 Å². The highest BCUT2D eigenvalue weighted by atomic mass is 35.5. The molecule has 114 valence electrons. The van der Waals surface area contributed by atoms with Crippen LogP contribution in [0.2, 0.25) is 5.02 Å². The minimum absolute atomic E-state index is 0.0420. The van der Waals surface area contributed by atoms with E-state index in [1.165, 1.54) is 29.1 Å². The molecule has 0 aliphatic rings. The molecule has 8 heteroatoms. The Morgan fingerprint density at radius 2 is 2.10 bits per heavy atom. The molecule has 2 aromatic rings. The van der Waals surface area contributed by atoms with Gasteiger partial charge in [0.25, 0.3) is 10.0 Å². The molecule has 0 N–H and O–H groups in total. The zero-order valence-electron chi connectivity index (χ0n) is 11.8. The molecule has 0 bridgehead atoms. The number of hydrogen-bond donors (Lipinski definition) is 0. The highest BCUT2D eigenvalue weighted by molar-refractivity contribution is 7.90. The summed E-state index contributed by atoms with van der Waals surface area (Å²) in [5, 5.41) is 0.317. The van der Waals surface area contributed by atoms with Crippen molar-refractivity contribution in [1.29, 1.82) is 0 Å². The molecule has 0 radical (unpaired) electrons. The molecule has 0 spiro atoms. The second-order valence-electron chi connectivity index (χ2n) is 4.42. The number of hydrogen-bond acceptors (Lipinski definition) is 4. The van der Waals surface area contributed by atoms with Crippen LogP contribution in [-0.4, -0.2) is 29.5 Å². The fourth-order valence-corrected chi connectivity index (χ4v) is 3.64. The topological polar surface area (TPSA) is 70.3 Å². The molecule has 0 aromatic carbocycles. The molecule has 0 saturated carbocycles. The Kier molecular flexibility index (Phi) is 4.15. The van der Waals surface area contributed by atoms with Gasteiger partial charge in [-0.3, -0.25) is 0 Å². The van der Waals surface area contributed by atoms with Crippen molar-refractivity contribution < 1.29 is 17.9 Å². The number of rotatable bonds is 4. The Bertz CT molecular complexity index is 789. The molecule has 0 amide bonds. The lowest BCUT2D eigenvalue weighted by Gasteiger charge is -2.06. The molecular weight excluding hydrogens is 316 g/mol. The summed E-state index contributed by atoms with van der Waals surface area (Å²) in [6.45, 7) is 3.53. The summed E-state index contributed by atoms with van der Waals surface area (Å²) < 4.78 is 32.5. The van der Waals surface area contributed by atoms with E-state index < -0.39 is 16.0 Å². The molecule has 0 fully saturated rings. The van der Waals surface area contributed by atoms with Gasteiger partial charge in [0, 0.05) is 25.1 Å². The Balaban J connectivity index is 2.55. The molecule has 2 aromatic heterocycles. The zero-order chi connectivity index (χ0) is 15.8.